The molecule has 9 heteroatoms. The Kier molecular flexibility index (Phi) is 4.12. The predicted octanol–water partition coefficient (Wildman–Crippen LogP) is 0.572. The summed E-state index contributed by atoms with van der Waals surface area (Å²) in [5.74, 6) is -0.864. The van der Waals surface area contributed by atoms with Crippen LogP contribution in [0.15, 0.2) is 24.3 Å². The Balaban J connectivity index is 1.95. The van der Waals surface area contributed by atoms with Gasteiger partial charge in [-0.2, -0.15) is 4.80 Å². The second kappa shape index (κ2) is 5.99. The molecule has 0 saturated heterocycles. The fourth-order valence-corrected chi connectivity index (χ4v) is 1.62. The van der Waals surface area contributed by atoms with Gasteiger partial charge in [-0.25, -0.2) is 9.59 Å². The number of aromatic nitrogens is 4. The standard InChI is InChI=1S/C12H14N6O3/c1-17(12(21)13-11-14-16-18(2)15-11)7-8-3-5-9(6-4-8)10(19)20/h3-6H,7H2,1-2H3,(H,19,20)(H,13,15,21). The van der Waals surface area contributed by atoms with E-state index in [1.807, 2.05) is 0 Å². The summed E-state index contributed by atoms with van der Waals surface area (Å²) >= 11 is 0. The lowest BCUT2D eigenvalue weighted by molar-refractivity contribution is 0.0697. The molecule has 0 fully saturated rings. The summed E-state index contributed by atoms with van der Waals surface area (Å²) in [4.78, 5) is 25.3. The Labute approximate surface area is 120 Å². The maximum absolute atomic E-state index is 11.9. The SMILES string of the molecule is CN(Cc1ccc(C(=O)O)cc1)C(=O)Nc1nnn(C)n1. The summed E-state index contributed by atoms with van der Waals surface area (Å²) in [6.07, 6.45) is 0. The predicted molar refractivity (Wildman–Crippen MR) is 72.7 cm³/mol. The number of anilines is 1. The van der Waals surface area contributed by atoms with Crippen molar-refractivity contribution in [3.63, 3.8) is 0 Å². The lowest BCUT2D eigenvalue weighted by Gasteiger charge is -2.16. The second-order valence-corrected chi connectivity index (χ2v) is 4.39. The van der Waals surface area contributed by atoms with Gasteiger partial charge < -0.3 is 10.0 Å². The van der Waals surface area contributed by atoms with Gasteiger partial charge in [-0.3, -0.25) is 5.32 Å². The molecular formula is C12H14N6O3. The first kappa shape index (κ1) is 14.4. The number of amides is 2. The summed E-state index contributed by atoms with van der Waals surface area (Å²) in [6, 6.07) is 5.92. The van der Waals surface area contributed by atoms with Gasteiger partial charge in [0.2, 0.25) is 0 Å². The average molecular weight is 290 g/mol. The maximum Gasteiger partial charge on any atom is 0.335 e. The van der Waals surface area contributed by atoms with Crippen LogP contribution in [0, 0.1) is 0 Å². The first-order valence-corrected chi connectivity index (χ1v) is 6.04. The van der Waals surface area contributed by atoms with Crippen LogP contribution < -0.4 is 5.32 Å². The molecule has 21 heavy (non-hydrogen) atoms. The summed E-state index contributed by atoms with van der Waals surface area (Å²) in [5.41, 5.74) is 1.01. The smallest absolute Gasteiger partial charge is 0.335 e. The molecule has 0 atom stereocenters. The zero-order valence-electron chi connectivity index (χ0n) is 11.5. The molecule has 2 aromatic rings. The third kappa shape index (κ3) is 3.75. The van der Waals surface area contributed by atoms with Crippen molar-refractivity contribution in [2.24, 2.45) is 7.05 Å². The fourth-order valence-electron chi connectivity index (χ4n) is 1.62. The van der Waals surface area contributed by atoms with Crippen LogP contribution in [0.2, 0.25) is 0 Å². The molecule has 0 unspecified atom stereocenters. The monoisotopic (exact) mass is 290 g/mol. The van der Waals surface area contributed by atoms with Crippen LogP contribution in [0.1, 0.15) is 15.9 Å². The fraction of sp³-hybridized carbons (Fsp3) is 0.250. The Morgan fingerprint density at radius 3 is 2.52 bits per heavy atom. The minimum atomic E-state index is -0.985. The zero-order valence-corrected chi connectivity index (χ0v) is 11.5. The molecule has 2 amide bonds. The van der Waals surface area contributed by atoms with E-state index in [9.17, 15) is 9.59 Å². The number of tetrazole rings is 1. The minimum absolute atomic E-state index is 0.121. The van der Waals surface area contributed by atoms with E-state index >= 15 is 0 Å². The molecule has 0 aliphatic heterocycles. The van der Waals surface area contributed by atoms with Gasteiger partial charge in [0.15, 0.2) is 0 Å². The first-order valence-electron chi connectivity index (χ1n) is 6.04. The van der Waals surface area contributed by atoms with Crippen LogP contribution in [0.3, 0.4) is 0 Å². The number of carboxylic acids is 1. The summed E-state index contributed by atoms with van der Waals surface area (Å²) < 4.78 is 0. The van der Waals surface area contributed by atoms with Gasteiger partial charge in [0.05, 0.1) is 12.6 Å². The number of aryl methyl sites for hydroxylation is 1. The quantitative estimate of drug-likeness (QED) is 0.851. The highest BCUT2D eigenvalue weighted by molar-refractivity contribution is 5.88. The molecule has 2 N–H and O–H groups in total. The number of aromatic carboxylic acids is 1. The van der Waals surface area contributed by atoms with Gasteiger partial charge in [-0.05, 0) is 22.9 Å². The summed E-state index contributed by atoms with van der Waals surface area (Å²) in [5, 5.41) is 22.4. The third-order valence-corrected chi connectivity index (χ3v) is 2.69. The molecule has 0 saturated carbocycles. The number of rotatable bonds is 4. The van der Waals surface area contributed by atoms with Crippen molar-refractivity contribution >= 4 is 17.9 Å². The lowest BCUT2D eigenvalue weighted by atomic mass is 10.1. The molecule has 1 aromatic carbocycles. The number of benzene rings is 1. The van der Waals surface area contributed by atoms with Crippen molar-refractivity contribution in [3.8, 4) is 0 Å². The molecule has 0 bridgehead atoms. The van der Waals surface area contributed by atoms with E-state index in [0.29, 0.717) is 6.54 Å². The number of carbonyl (C=O) groups excluding carboxylic acids is 1. The van der Waals surface area contributed by atoms with Crippen molar-refractivity contribution in [3.05, 3.63) is 35.4 Å². The normalized spacial score (nSPS) is 10.2. The van der Waals surface area contributed by atoms with Gasteiger partial charge in [-0.15, -0.1) is 5.10 Å². The van der Waals surface area contributed by atoms with Crippen LogP contribution in [-0.4, -0.2) is 49.3 Å². The van der Waals surface area contributed by atoms with Gasteiger partial charge in [0, 0.05) is 13.6 Å². The number of nitrogens with one attached hydrogen (secondary N) is 1. The number of nitrogens with zero attached hydrogens (tertiary/aromatic N) is 5. The molecular weight excluding hydrogens is 276 g/mol. The number of hydrogen-bond acceptors (Lipinski definition) is 5. The summed E-state index contributed by atoms with van der Waals surface area (Å²) in [7, 11) is 3.20. The number of carbonyl (C=O) groups is 2. The van der Waals surface area contributed by atoms with Crippen LogP contribution in [0.5, 0.6) is 0 Å². The molecule has 1 heterocycles. The molecule has 0 radical (unpaired) electrons. The maximum atomic E-state index is 11.9. The van der Waals surface area contributed by atoms with E-state index in [1.54, 1.807) is 26.2 Å². The molecule has 110 valence electrons. The van der Waals surface area contributed by atoms with Gasteiger partial charge >= 0.3 is 12.0 Å². The largest absolute Gasteiger partial charge is 0.478 e. The molecule has 2 rings (SSSR count). The van der Waals surface area contributed by atoms with Crippen LogP contribution in [0.4, 0.5) is 10.7 Å². The van der Waals surface area contributed by atoms with E-state index in [2.05, 4.69) is 20.7 Å². The van der Waals surface area contributed by atoms with E-state index in [1.165, 1.54) is 21.8 Å². The highest BCUT2D eigenvalue weighted by atomic mass is 16.4. The van der Waals surface area contributed by atoms with Crippen molar-refractivity contribution in [2.45, 2.75) is 6.54 Å². The molecule has 0 aliphatic carbocycles. The molecule has 0 spiro atoms. The van der Waals surface area contributed by atoms with Gasteiger partial charge in [0.25, 0.3) is 5.95 Å². The van der Waals surface area contributed by atoms with E-state index in [0.717, 1.165) is 5.56 Å². The van der Waals surface area contributed by atoms with Crippen molar-refractivity contribution in [1.82, 2.24) is 25.1 Å². The van der Waals surface area contributed by atoms with Crippen LogP contribution in [-0.2, 0) is 13.6 Å². The number of carboxylic acid groups (broad SMARTS) is 1. The molecule has 9 nitrogen and oxygen atoms in total. The highest BCUT2D eigenvalue weighted by Gasteiger charge is 2.12. The minimum Gasteiger partial charge on any atom is -0.478 e. The Morgan fingerprint density at radius 1 is 1.33 bits per heavy atom. The Hall–Kier alpha value is -2.97. The topological polar surface area (TPSA) is 113 Å². The van der Waals surface area contributed by atoms with Crippen molar-refractivity contribution < 1.29 is 14.7 Å². The molecule has 1 aromatic heterocycles. The van der Waals surface area contributed by atoms with Gasteiger partial charge in [0.1, 0.15) is 0 Å². The van der Waals surface area contributed by atoms with Crippen LogP contribution in [0.25, 0.3) is 0 Å². The number of urea groups is 1. The van der Waals surface area contributed by atoms with Crippen LogP contribution >= 0.6 is 0 Å². The second-order valence-electron chi connectivity index (χ2n) is 4.39. The average Bonchev–Trinajstić information content (AvgIpc) is 2.84. The van der Waals surface area contributed by atoms with Gasteiger partial charge in [-0.1, -0.05) is 17.2 Å². The third-order valence-electron chi connectivity index (χ3n) is 2.69. The van der Waals surface area contributed by atoms with E-state index in [4.69, 9.17) is 5.11 Å². The molecule has 0 aliphatic rings. The lowest BCUT2D eigenvalue weighted by Crippen LogP contribution is -2.31. The first-order chi connectivity index (χ1) is 9.95. The van der Waals surface area contributed by atoms with Crippen molar-refractivity contribution in [1.29, 1.82) is 0 Å². The summed E-state index contributed by atoms with van der Waals surface area (Å²) in [6.45, 7) is 0.325. The van der Waals surface area contributed by atoms with E-state index in [-0.39, 0.29) is 17.5 Å². The van der Waals surface area contributed by atoms with E-state index < -0.39 is 5.97 Å². The Morgan fingerprint density at radius 2 is 2.00 bits per heavy atom. The zero-order chi connectivity index (χ0) is 15.4. The van der Waals surface area contributed by atoms with Crippen molar-refractivity contribution in [2.75, 3.05) is 12.4 Å². The Bertz CT molecular complexity index is 651. The highest BCUT2D eigenvalue weighted by Crippen LogP contribution is 2.08. The number of hydrogen-bond donors (Lipinski definition) is 2.